The number of aromatic nitrogens is 3. The Balaban J connectivity index is 0.00000338. The molecule has 0 aliphatic carbocycles. The number of amides is 1. The number of carbonyl (C=O) groups excluding carboxylic acids is 1. The predicted octanol–water partition coefficient (Wildman–Crippen LogP) is 2.90. The molecular formula is C18H28ClN5OS. The van der Waals surface area contributed by atoms with Gasteiger partial charge in [-0.2, -0.15) is 0 Å². The fourth-order valence-corrected chi connectivity index (χ4v) is 3.07. The lowest BCUT2D eigenvalue weighted by atomic mass is 10.1. The first kappa shape index (κ1) is 22.5. The van der Waals surface area contributed by atoms with Gasteiger partial charge in [0.25, 0.3) is 5.91 Å². The predicted molar refractivity (Wildman–Crippen MR) is 109 cm³/mol. The molecule has 0 spiro atoms. The first-order valence-electron chi connectivity index (χ1n) is 8.58. The highest BCUT2D eigenvalue weighted by atomic mass is 35.5. The summed E-state index contributed by atoms with van der Waals surface area (Å²) in [6.45, 7) is 6.38. The maximum absolute atomic E-state index is 12.1. The van der Waals surface area contributed by atoms with E-state index in [0.29, 0.717) is 24.6 Å². The van der Waals surface area contributed by atoms with Crippen molar-refractivity contribution in [2.24, 2.45) is 11.7 Å². The summed E-state index contributed by atoms with van der Waals surface area (Å²) in [6.07, 6.45) is 3.64. The van der Waals surface area contributed by atoms with Crippen LogP contribution < -0.4 is 11.1 Å². The van der Waals surface area contributed by atoms with Crippen LogP contribution in [0.1, 0.15) is 42.0 Å². The zero-order valence-corrected chi connectivity index (χ0v) is 17.2. The smallest absolute Gasteiger partial charge is 0.251 e. The molecule has 0 unspecified atom stereocenters. The summed E-state index contributed by atoms with van der Waals surface area (Å²) in [5, 5.41) is 12.5. The first-order valence-corrected chi connectivity index (χ1v) is 9.81. The van der Waals surface area contributed by atoms with E-state index in [1.807, 2.05) is 30.5 Å². The van der Waals surface area contributed by atoms with Gasteiger partial charge in [-0.1, -0.05) is 37.7 Å². The van der Waals surface area contributed by atoms with Gasteiger partial charge in [0, 0.05) is 31.6 Å². The molecule has 0 saturated carbocycles. The third-order valence-corrected chi connectivity index (χ3v) is 4.51. The standard InChI is InChI=1S/C18H27N5OS.ClH/c1-13(2)12-23-16(21-22-18(23)25-3)5-4-10-20-17(24)15-8-6-14(11-19)7-9-15;/h6-9,13H,4-5,10-12,19H2,1-3H3,(H,20,24);1H. The van der Waals surface area contributed by atoms with Gasteiger partial charge in [-0.3, -0.25) is 4.79 Å². The maximum atomic E-state index is 12.1. The molecule has 1 heterocycles. The van der Waals surface area contributed by atoms with Crippen LogP contribution in [0.3, 0.4) is 0 Å². The maximum Gasteiger partial charge on any atom is 0.251 e. The Hall–Kier alpha value is -1.57. The van der Waals surface area contributed by atoms with Crippen LogP contribution in [0.15, 0.2) is 29.4 Å². The van der Waals surface area contributed by atoms with E-state index in [1.165, 1.54) is 0 Å². The van der Waals surface area contributed by atoms with Crippen LogP contribution in [0.25, 0.3) is 0 Å². The van der Waals surface area contributed by atoms with Gasteiger partial charge in [-0.25, -0.2) is 0 Å². The van der Waals surface area contributed by atoms with Gasteiger partial charge in [-0.05, 0) is 36.3 Å². The number of hydrogen-bond acceptors (Lipinski definition) is 5. The van der Waals surface area contributed by atoms with Gasteiger partial charge in [0.05, 0.1) is 0 Å². The highest BCUT2D eigenvalue weighted by molar-refractivity contribution is 7.98. The Morgan fingerprint density at radius 2 is 1.96 bits per heavy atom. The lowest BCUT2D eigenvalue weighted by Crippen LogP contribution is -2.25. The molecular weight excluding hydrogens is 370 g/mol. The van der Waals surface area contributed by atoms with Gasteiger partial charge in [0.1, 0.15) is 5.82 Å². The minimum Gasteiger partial charge on any atom is -0.352 e. The lowest BCUT2D eigenvalue weighted by Gasteiger charge is -2.11. The third kappa shape index (κ3) is 6.30. The van der Waals surface area contributed by atoms with E-state index >= 15 is 0 Å². The van der Waals surface area contributed by atoms with E-state index in [-0.39, 0.29) is 18.3 Å². The highest BCUT2D eigenvalue weighted by Crippen LogP contribution is 2.16. The quantitative estimate of drug-likeness (QED) is 0.502. The molecule has 3 N–H and O–H groups in total. The number of nitrogens with one attached hydrogen (secondary N) is 1. The Labute approximate surface area is 165 Å². The van der Waals surface area contributed by atoms with E-state index in [1.54, 1.807) is 11.8 Å². The molecule has 0 atom stereocenters. The summed E-state index contributed by atoms with van der Waals surface area (Å²) in [7, 11) is 0. The molecule has 0 aliphatic rings. The van der Waals surface area contributed by atoms with E-state index in [0.717, 1.165) is 35.9 Å². The van der Waals surface area contributed by atoms with Crippen LogP contribution in [0.5, 0.6) is 0 Å². The van der Waals surface area contributed by atoms with Crippen LogP contribution >= 0.6 is 24.2 Å². The van der Waals surface area contributed by atoms with Crippen molar-refractivity contribution in [3.05, 3.63) is 41.2 Å². The van der Waals surface area contributed by atoms with Crippen molar-refractivity contribution >= 4 is 30.1 Å². The molecule has 6 nitrogen and oxygen atoms in total. The molecule has 0 radical (unpaired) electrons. The van der Waals surface area contributed by atoms with Crippen LogP contribution in [0, 0.1) is 5.92 Å². The number of aryl methyl sites for hydroxylation is 1. The number of nitrogens with zero attached hydrogens (tertiary/aromatic N) is 3. The summed E-state index contributed by atoms with van der Waals surface area (Å²) in [4.78, 5) is 12.1. The topological polar surface area (TPSA) is 85.8 Å². The van der Waals surface area contributed by atoms with Gasteiger partial charge >= 0.3 is 0 Å². The zero-order chi connectivity index (χ0) is 18.2. The van der Waals surface area contributed by atoms with Crippen LogP contribution in [0.2, 0.25) is 0 Å². The average molecular weight is 398 g/mol. The number of thioether (sulfide) groups is 1. The number of benzene rings is 1. The monoisotopic (exact) mass is 397 g/mol. The normalized spacial score (nSPS) is 10.7. The molecule has 1 amide bonds. The van der Waals surface area contributed by atoms with Crippen LogP contribution in [-0.2, 0) is 19.5 Å². The highest BCUT2D eigenvalue weighted by Gasteiger charge is 2.12. The largest absolute Gasteiger partial charge is 0.352 e. The average Bonchev–Trinajstić information content (AvgIpc) is 2.99. The summed E-state index contributed by atoms with van der Waals surface area (Å²) >= 11 is 1.61. The van der Waals surface area contributed by atoms with Crippen molar-refractivity contribution in [3.63, 3.8) is 0 Å². The molecule has 8 heteroatoms. The fourth-order valence-electron chi connectivity index (χ4n) is 2.55. The number of nitrogens with two attached hydrogens (primary N) is 1. The van der Waals surface area contributed by atoms with Gasteiger partial charge in [0.2, 0.25) is 0 Å². The number of halogens is 1. The molecule has 144 valence electrons. The van der Waals surface area contributed by atoms with Crippen LogP contribution in [-0.4, -0.2) is 33.5 Å². The van der Waals surface area contributed by atoms with Crippen molar-refractivity contribution in [3.8, 4) is 0 Å². The molecule has 0 saturated heterocycles. The molecule has 26 heavy (non-hydrogen) atoms. The molecule has 2 aromatic rings. The fraction of sp³-hybridized carbons (Fsp3) is 0.500. The minimum absolute atomic E-state index is 0. The van der Waals surface area contributed by atoms with Crippen LogP contribution in [0.4, 0.5) is 0 Å². The van der Waals surface area contributed by atoms with E-state index in [4.69, 9.17) is 5.73 Å². The summed E-state index contributed by atoms with van der Waals surface area (Å²) in [6, 6.07) is 7.38. The van der Waals surface area contributed by atoms with Gasteiger partial charge in [0.15, 0.2) is 5.16 Å². The van der Waals surface area contributed by atoms with Crippen molar-refractivity contribution < 1.29 is 4.79 Å². The zero-order valence-electron chi connectivity index (χ0n) is 15.6. The third-order valence-electron chi connectivity index (χ3n) is 3.84. The van der Waals surface area contributed by atoms with E-state index < -0.39 is 0 Å². The molecule has 1 aromatic carbocycles. The van der Waals surface area contributed by atoms with Crippen molar-refractivity contribution in [2.45, 2.75) is 44.9 Å². The van der Waals surface area contributed by atoms with Gasteiger partial charge in [-0.15, -0.1) is 22.6 Å². The Kier molecular flexibility index (Phi) is 9.69. The second-order valence-corrected chi connectivity index (χ2v) is 7.14. The van der Waals surface area contributed by atoms with Crippen molar-refractivity contribution in [1.82, 2.24) is 20.1 Å². The van der Waals surface area contributed by atoms with E-state index in [2.05, 4.69) is 33.9 Å². The summed E-state index contributed by atoms with van der Waals surface area (Å²) in [5.41, 5.74) is 7.24. The number of rotatable bonds is 9. The second kappa shape index (κ2) is 11.2. The summed E-state index contributed by atoms with van der Waals surface area (Å²) in [5.74, 6) is 1.47. The Morgan fingerprint density at radius 3 is 2.54 bits per heavy atom. The van der Waals surface area contributed by atoms with Crippen molar-refractivity contribution in [1.29, 1.82) is 0 Å². The van der Waals surface area contributed by atoms with E-state index in [9.17, 15) is 4.79 Å². The molecule has 2 rings (SSSR count). The molecule has 1 aromatic heterocycles. The minimum atomic E-state index is -0.0583. The lowest BCUT2D eigenvalue weighted by molar-refractivity contribution is 0.0953. The molecule has 0 fully saturated rings. The molecule has 0 aliphatic heterocycles. The van der Waals surface area contributed by atoms with Crippen molar-refractivity contribution in [2.75, 3.05) is 12.8 Å². The second-order valence-electron chi connectivity index (χ2n) is 6.37. The first-order chi connectivity index (χ1) is 12.0. The van der Waals surface area contributed by atoms with Gasteiger partial charge < -0.3 is 15.6 Å². The number of carbonyl (C=O) groups is 1. The molecule has 0 bridgehead atoms. The Bertz CT molecular complexity index is 687. The summed E-state index contributed by atoms with van der Waals surface area (Å²) < 4.78 is 2.18. The Morgan fingerprint density at radius 1 is 1.27 bits per heavy atom. The number of hydrogen-bond donors (Lipinski definition) is 2. The SMILES string of the molecule is CSc1nnc(CCCNC(=O)c2ccc(CN)cc2)n1CC(C)C.Cl.